The maximum absolute atomic E-state index is 5.93. The summed E-state index contributed by atoms with van der Waals surface area (Å²) < 4.78 is 5.17. The predicted molar refractivity (Wildman–Crippen MR) is 67.3 cm³/mol. The van der Waals surface area contributed by atoms with Gasteiger partial charge in [0.05, 0.1) is 7.11 Å². The number of hydrogen-bond acceptors (Lipinski definition) is 3. The second kappa shape index (κ2) is 4.14. The number of hydrogen-bond donors (Lipinski definition) is 2. The van der Waals surface area contributed by atoms with Gasteiger partial charge in [-0.15, -0.1) is 0 Å². The molecule has 0 spiro atoms. The Hall–Kier alpha value is -2.16. The minimum atomic E-state index is 0.693. The molecule has 0 aliphatic carbocycles. The van der Waals surface area contributed by atoms with Crippen molar-refractivity contribution in [3.05, 3.63) is 42.5 Å². The fourth-order valence-corrected chi connectivity index (χ4v) is 1.64. The topological polar surface area (TPSA) is 61.3 Å². The Bertz CT molecular complexity index is 509. The zero-order chi connectivity index (χ0) is 11.5. The predicted octanol–water partition coefficient (Wildman–Crippen LogP) is 2.53. The Balaban J connectivity index is 2.59. The van der Waals surface area contributed by atoms with Crippen molar-refractivity contribution in [1.82, 2.24) is 0 Å². The smallest absolute Gasteiger partial charge is 0.119 e. The minimum Gasteiger partial charge on any atom is -0.497 e. The standard InChI is InChI=1S/C13H14N2O/c1-16-9-6-7-13(15)11(8-9)10-4-2-3-5-12(10)14/h2-8H,14-15H2,1H3. The lowest BCUT2D eigenvalue weighted by Gasteiger charge is -2.10. The van der Waals surface area contributed by atoms with Crippen molar-refractivity contribution in [2.24, 2.45) is 0 Å². The Labute approximate surface area is 94.6 Å². The highest BCUT2D eigenvalue weighted by Gasteiger charge is 2.06. The fraction of sp³-hybridized carbons (Fsp3) is 0.0769. The van der Waals surface area contributed by atoms with Gasteiger partial charge in [-0.25, -0.2) is 0 Å². The largest absolute Gasteiger partial charge is 0.497 e. The average Bonchev–Trinajstić information content (AvgIpc) is 2.31. The number of para-hydroxylation sites is 1. The van der Waals surface area contributed by atoms with E-state index in [-0.39, 0.29) is 0 Å². The molecule has 0 amide bonds. The molecular weight excluding hydrogens is 200 g/mol. The van der Waals surface area contributed by atoms with E-state index >= 15 is 0 Å². The maximum Gasteiger partial charge on any atom is 0.119 e. The molecule has 16 heavy (non-hydrogen) atoms. The van der Waals surface area contributed by atoms with Crippen molar-refractivity contribution in [2.75, 3.05) is 18.6 Å². The second-order valence-corrected chi connectivity index (χ2v) is 3.54. The van der Waals surface area contributed by atoms with Gasteiger partial charge in [0.1, 0.15) is 5.75 Å². The van der Waals surface area contributed by atoms with Crippen LogP contribution in [0.25, 0.3) is 11.1 Å². The molecule has 2 rings (SSSR count). The summed E-state index contributed by atoms with van der Waals surface area (Å²) in [6.07, 6.45) is 0. The third-order valence-electron chi connectivity index (χ3n) is 2.51. The number of nitrogen functional groups attached to an aromatic ring is 2. The maximum atomic E-state index is 5.93. The summed E-state index contributed by atoms with van der Waals surface area (Å²) in [4.78, 5) is 0. The quantitative estimate of drug-likeness (QED) is 0.755. The number of rotatable bonds is 2. The molecule has 0 atom stereocenters. The summed E-state index contributed by atoms with van der Waals surface area (Å²) in [5.41, 5.74) is 15.1. The van der Waals surface area contributed by atoms with Gasteiger partial charge in [0.25, 0.3) is 0 Å². The van der Waals surface area contributed by atoms with Gasteiger partial charge in [0, 0.05) is 22.5 Å². The minimum absolute atomic E-state index is 0.693. The van der Waals surface area contributed by atoms with Crippen molar-refractivity contribution in [2.45, 2.75) is 0 Å². The third-order valence-corrected chi connectivity index (χ3v) is 2.51. The fourth-order valence-electron chi connectivity index (χ4n) is 1.64. The van der Waals surface area contributed by atoms with Crippen LogP contribution in [0, 0.1) is 0 Å². The lowest BCUT2D eigenvalue weighted by atomic mass is 10.0. The van der Waals surface area contributed by atoms with E-state index < -0.39 is 0 Å². The van der Waals surface area contributed by atoms with Crippen LogP contribution in [0.4, 0.5) is 11.4 Å². The van der Waals surface area contributed by atoms with Crippen molar-refractivity contribution in [1.29, 1.82) is 0 Å². The molecule has 82 valence electrons. The normalized spacial score (nSPS) is 10.1. The van der Waals surface area contributed by atoms with E-state index in [0.29, 0.717) is 11.4 Å². The number of benzene rings is 2. The lowest BCUT2D eigenvalue weighted by molar-refractivity contribution is 0.415. The number of nitrogens with two attached hydrogens (primary N) is 2. The highest BCUT2D eigenvalue weighted by molar-refractivity contribution is 5.84. The number of ether oxygens (including phenoxy) is 1. The summed E-state index contributed by atoms with van der Waals surface area (Å²) >= 11 is 0. The summed E-state index contributed by atoms with van der Waals surface area (Å²) in [6, 6.07) is 13.2. The van der Waals surface area contributed by atoms with Gasteiger partial charge in [-0.3, -0.25) is 0 Å². The van der Waals surface area contributed by atoms with E-state index in [1.54, 1.807) is 7.11 Å². The van der Waals surface area contributed by atoms with Crippen LogP contribution in [0.5, 0.6) is 5.75 Å². The van der Waals surface area contributed by atoms with E-state index in [1.165, 1.54) is 0 Å². The highest BCUT2D eigenvalue weighted by atomic mass is 16.5. The van der Waals surface area contributed by atoms with Crippen LogP contribution in [-0.4, -0.2) is 7.11 Å². The molecule has 3 heteroatoms. The van der Waals surface area contributed by atoms with Crippen LogP contribution < -0.4 is 16.2 Å². The van der Waals surface area contributed by atoms with E-state index in [1.807, 2.05) is 42.5 Å². The van der Waals surface area contributed by atoms with E-state index in [2.05, 4.69) is 0 Å². The van der Waals surface area contributed by atoms with Gasteiger partial charge in [-0.2, -0.15) is 0 Å². The molecule has 0 radical (unpaired) electrons. The van der Waals surface area contributed by atoms with Gasteiger partial charge in [-0.05, 0) is 24.3 Å². The van der Waals surface area contributed by atoms with Gasteiger partial charge in [0.15, 0.2) is 0 Å². The first-order chi connectivity index (χ1) is 7.72. The monoisotopic (exact) mass is 214 g/mol. The van der Waals surface area contributed by atoms with Crippen molar-refractivity contribution < 1.29 is 4.74 Å². The van der Waals surface area contributed by atoms with Crippen LogP contribution in [0.1, 0.15) is 0 Å². The first kappa shape index (κ1) is 10.4. The molecule has 0 unspecified atom stereocenters. The Morgan fingerprint density at radius 1 is 0.875 bits per heavy atom. The van der Waals surface area contributed by atoms with Crippen molar-refractivity contribution >= 4 is 11.4 Å². The summed E-state index contributed by atoms with van der Waals surface area (Å²) in [5, 5.41) is 0. The van der Waals surface area contributed by atoms with Crippen molar-refractivity contribution in [3.63, 3.8) is 0 Å². The lowest BCUT2D eigenvalue weighted by Crippen LogP contribution is -1.95. The SMILES string of the molecule is COc1ccc(N)c(-c2ccccc2N)c1. The molecule has 0 bridgehead atoms. The highest BCUT2D eigenvalue weighted by Crippen LogP contribution is 2.33. The van der Waals surface area contributed by atoms with Crippen LogP contribution in [0.2, 0.25) is 0 Å². The summed E-state index contributed by atoms with van der Waals surface area (Å²) in [6.45, 7) is 0. The van der Waals surface area contributed by atoms with Crippen molar-refractivity contribution in [3.8, 4) is 16.9 Å². The Kier molecular flexibility index (Phi) is 2.68. The molecule has 2 aromatic carbocycles. The molecule has 3 nitrogen and oxygen atoms in total. The zero-order valence-electron chi connectivity index (χ0n) is 9.10. The van der Waals surface area contributed by atoms with Gasteiger partial charge < -0.3 is 16.2 Å². The van der Waals surface area contributed by atoms with Gasteiger partial charge in [0.2, 0.25) is 0 Å². The first-order valence-corrected chi connectivity index (χ1v) is 5.01. The Morgan fingerprint density at radius 3 is 2.25 bits per heavy atom. The van der Waals surface area contributed by atoms with E-state index in [4.69, 9.17) is 16.2 Å². The molecule has 4 N–H and O–H groups in total. The molecule has 0 heterocycles. The van der Waals surface area contributed by atoms with E-state index in [0.717, 1.165) is 16.9 Å². The van der Waals surface area contributed by atoms with Crippen LogP contribution in [0.15, 0.2) is 42.5 Å². The number of methoxy groups -OCH3 is 1. The molecule has 0 saturated carbocycles. The molecule has 0 aliphatic rings. The van der Waals surface area contributed by atoms with Gasteiger partial charge in [-0.1, -0.05) is 18.2 Å². The summed E-state index contributed by atoms with van der Waals surface area (Å²) in [7, 11) is 1.63. The molecule has 0 aliphatic heterocycles. The van der Waals surface area contributed by atoms with E-state index in [9.17, 15) is 0 Å². The second-order valence-electron chi connectivity index (χ2n) is 3.54. The molecule has 0 saturated heterocycles. The van der Waals surface area contributed by atoms with Crippen LogP contribution >= 0.6 is 0 Å². The zero-order valence-corrected chi connectivity index (χ0v) is 9.10. The molecule has 0 aromatic heterocycles. The number of anilines is 2. The van der Waals surface area contributed by atoms with Crippen LogP contribution in [-0.2, 0) is 0 Å². The molecule has 2 aromatic rings. The summed E-state index contributed by atoms with van der Waals surface area (Å²) in [5.74, 6) is 0.771. The van der Waals surface area contributed by atoms with Gasteiger partial charge >= 0.3 is 0 Å². The first-order valence-electron chi connectivity index (χ1n) is 5.01. The third kappa shape index (κ3) is 1.80. The Morgan fingerprint density at radius 2 is 1.56 bits per heavy atom. The van der Waals surface area contributed by atoms with Crippen LogP contribution in [0.3, 0.4) is 0 Å². The molecule has 0 fully saturated rings. The molecular formula is C13H14N2O. The average molecular weight is 214 g/mol.